The minimum Gasteiger partial charge on any atom is -0.321 e. The van der Waals surface area contributed by atoms with E-state index in [0.29, 0.717) is 10.6 Å². The molecule has 0 atom stereocenters. The Morgan fingerprint density at radius 2 is 2.00 bits per heavy atom. The molecule has 0 aliphatic carbocycles. The van der Waals surface area contributed by atoms with Crippen LogP contribution in [-0.2, 0) is 0 Å². The number of halogens is 1. The van der Waals surface area contributed by atoms with Gasteiger partial charge in [0.1, 0.15) is 5.52 Å². The Bertz CT molecular complexity index is 799. The SMILES string of the molecule is CSc1ccc(C(=O)Nc2ccc(Cl)c3ncsc23)cc1. The topological polar surface area (TPSA) is 42.0 Å². The molecule has 0 bridgehead atoms. The summed E-state index contributed by atoms with van der Waals surface area (Å²) in [5.41, 5.74) is 3.80. The summed E-state index contributed by atoms with van der Waals surface area (Å²) in [7, 11) is 0. The third-order valence-corrected chi connectivity index (χ3v) is 4.94. The van der Waals surface area contributed by atoms with Crippen LogP contribution in [0, 0.1) is 0 Å². The molecule has 0 saturated carbocycles. The molecule has 0 unspecified atom stereocenters. The lowest BCUT2D eigenvalue weighted by Crippen LogP contribution is -2.11. The molecule has 0 fully saturated rings. The minimum atomic E-state index is -0.139. The van der Waals surface area contributed by atoms with Gasteiger partial charge in [-0.3, -0.25) is 4.79 Å². The highest BCUT2D eigenvalue weighted by molar-refractivity contribution is 7.98. The van der Waals surface area contributed by atoms with Crippen LogP contribution in [0.4, 0.5) is 5.69 Å². The molecule has 1 heterocycles. The first-order valence-corrected chi connectivity index (χ1v) is 8.64. The lowest BCUT2D eigenvalue weighted by molar-refractivity contribution is 0.102. The van der Waals surface area contributed by atoms with Crippen molar-refractivity contribution in [3.63, 3.8) is 0 Å². The van der Waals surface area contributed by atoms with Crippen molar-refractivity contribution in [2.45, 2.75) is 4.90 Å². The molecule has 21 heavy (non-hydrogen) atoms. The zero-order valence-corrected chi connectivity index (χ0v) is 13.5. The number of fused-ring (bicyclic) bond motifs is 1. The first kappa shape index (κ1) is 14.4. The van der Waals surface area contributed by atoms with Gasteiger partial charge in [0.2, 0.25) is 0 Å². The second kappa shape index (κ2) is 6.05. The van der Waals surface area contributed by atoms with Crippen LogP contribution < -0.4 is 5.32 Å². The Morgan fingerprint density at radius 1 is 1.24 bits per heavy atom. The predicted octanol–water partition coefficient (Wildman–Crippen LogP) is 4.92. The standard InChI is InChI=1S/C15H11ClN2OS2/c1-20-10-4-2-9(3-5-10)15(19)18-12-7-6-11(16)13-14(12)21-8-17-13/h2-8H,1H3,(H,18,19). The van der Waals surface area contributed by atoms with Crippen LogP contribution in [0.5, 0.6) is 0 Å². The summed E-state index contributed by atoms with van der Waals surface area (Å²) >= 11 is 9.19. The van der Waals surface area contributed by atoms with Gasteiger partial charge in [-0.25, -0.2) is 4.98 Å². The number of anilines is 1. The molecule has 0 aliphatic rings. The highest BCUT2D eigenvalue weighted by atomic mass is 35.5. The van der Waals surface area contributed by atoms with Crippen LogP contribution in [0.25, 0.3) is 10.2 Å². The fourth-order valence-electron chi connectivity index (χ4n) is 1.95. The normalized spacial score (nSPS) is 10.8. The number of hydrogen-bond donors (Lipinski definition) is 1. The van der Waals surface area contributed by atoms with Crippen molar-refractivity contribution in [3.05, 3.63) is 52.5 Å². The average molecular weight is 335 g/mol. The van der Waals surface area contributed by atoms with E-state index in [1.807, 2.05) is 30.5 Å². The third-order valence-electron chi connectivity index (χ3n) is 3.04. The van der Waals surface area contributed by atoms with Gasteiger partial charge in [0, 0.05) is 10.5 Å². The largest absolute Gasteiger partial charge is 0.321 e. The Kier molecular flexibility index (Phi) is 4.14. The van der Waals surface area contributed by atoms with E-state index < -0.39 is 0 Å². The summed E-state index contributed by atoms with van der Waals surface area (Å²) < 4.78 is 0.886. The van der Waals surface area contributed by atoms with Crippen molar-refractivity contribution in [1.82, 2.24) is 4.98 Å². The zero-order valence-electron chi connectivity index (χ0n) is 11.1. The van der Waals surface area contributed by atoms with Crippen molar-refractivity contribution in [2.24, 2.45) is 0 Å². The quantitative estimate of drug-likeness (QED) is 0.691. The first-order valence-electron chi connectivity index (χ1n) is 6.16. The van der Waals surface area contributed by atoms with Crippen LogP contribution in [0.15, 0.2) is 46.8 Å². The van der Waals surface area contributed by atoms with Gasteiger partial charge in [0.05, 0.1) is 20.9 Å². The molecular weight excluding hydrogens is 324 g/mol. The Labute approximate surface area is 135 Å². The number of thioether (sulfide) groups is 1. The van der Waals surface area contributed by atoms with Gasteiger partial charge in [-0.05, 0) is 42.7 Å². The van der Waals surface area contributed by atoms with Gasteiger partial charge in [0.25, 0.3) is 5.91 Å². The molecule has 6 heteroatoms. The van der Waals surface area contributed by atoms with Crippen LogP contribution in [0.2, 0.25) is 5.02 Å². The van der Waals surface area contributed by atoms with Gasteiger partial charge in [0.15, 0.2) is 0 Å². The second-order valence-corrected chi connectivity index (χ2v) is 6.45. The highest BCUT2D eigenvalue weighted by Crippen LogP contribution is 2.32. The third kappa shape index (κ3) is 2.90. The highest BCUT2D eigenvalue weighted by Gasteiger charge is 2.11. The lowest BCUT2D eigenvalue weighted by Gasteiger charge is -2.07. The van der Waals surface area contributed by atoms with Crippen LogP contribution in [-0.4, -0.2) is 17.1 Å². The summed E-state index contributed by atoms with van der Waals surface area (Å²) in [5.74, 6) is -0.139. The van der Waals surface area contributed by atoms with Crippen molar-refractivity contribution >= 4 is 56.5 Å². The van der Waals surface area contributed by atoms with Crippen molar-refractivity contribution in [1.29, 1.82) is 0 Å². The number of thiazole rings is 1. The number of aromatic nitrogens is 1. The van der Waals surface area contributed by atoms with E-state index in [1.54, 1.807) is 29.4 Å². The number of rotatable bonds is 3. The van der Waals surface area contributed by atoms with E-state index in [2.05, 4.69) is 10.3 Å². The molecule has 3 aromatic rings. The van der Waals surface area contributed by atoms with Gasteiger partial charge in [-0.2, -0.15) is 0 Å². The summed E-state index contributed by atoms with van der Waals surface area (Å²) in [6, 6.07) is 11.1. The van der Waals surface area contributed by atoms with Crippen LogP contribution in [0.3, 0.4) is 0 Å². The smallest absolute Gasteiger partial charge is 0.255 e. The van der Waals surface area contributed by atoms with Crippen LogP contribution >= 0.6 is 34.7 Å². The van der Waals surface area contributed by atoms with E-state index in [9.17, 15) is 4.79 Å². The predicted molar refractivity (Wildman–Crippen MR) is 90.8 cm³/mol. The molecule has 3 nitrogen and oxygen atoms in total. The maximum absolute atomic E-state index is 12.3. The van der Waals surface area contributed by atoms with Gasteiger partial charge < -0.3 is 5.32 Å². The fraction of sp³-hybridized carbons (Fsp3) is 0.0667. The number of nitrogens with one attached hydrogen (secondary N) is 1. The molecule has 3 rings (SSSR count). The van der Waals surface area contributed by atoms with E-state index >= 15 is 0 Å². The van der Waals surface area contributed by atoms with Gasteiger partial charge in [-0.15, -0.1) is 23.1 Å². The Balaban J connectivity index is 1.89. The molecule has 0 radical (unpaired) electrons. The molecular formula is C15H11ClN2OS2. The van der Waals surface area contributed by atoms with Crippen molar-refractivity contribution in [2.75, 3.05) is 11.6 Å². The maximum Gasteiger partial charge on any atom is 0.255 e. The second-order valence-electron chi connectivity index (χ2n) is 4.31. The molecule has 106 valence electrons. The number of carbonyl (C=O) groups is 1. The first-order chi connectivity index (χ1) is 10.2. The van der Waals surface area contributed by atoms with E-state index in [4.69, 9.17) is 11.6 Å². The molecule has 0 saturated heterocycles. The van der Waals surface area contributed by atoms with E-state index in [-0.39, 0.29) is 5.91 Å². The maximum atomic E-state index is 12.3. The Hall–Kier alpha value is -1.56. The summed E-state index contributed by atoms with van der Waals surface area (Å²) in [5, 5.41) is 3.51. The summed E-state index contributed by atoms with van der Waals surface area (Å²) in [4.78, 5) is 17.6. The number of benzene rings is 2. The van der Waals surface area contributed by atoms with E-state index in [1.165, 1.54) is 11.3 Å². The Morgan fingerprint density at radius 3 is 2.71 bits per heavy atom. The number of nitrogens with zero attached hydrogens (tertiary/aromatic N) is 1. The van der Waals surface area contributed by atoms with Crippen LogP contribution in [0.1, 0.15) is 10.4 Å². The average Bonchev–Trinajstić information content (AvgIpc) is 3.01. The molecule has 0 aliphatic heterocycles. The monoisotopic (exact) mass is 334 g/mol. The molecule has 1 N–H and O–H groups in total. The number of amides is 1. The lowest BCUT2D eigenvalue weighted by atomic mass is 10.2. The van der Waals surface area contributed by atoms with Gasteiger partial charge in [-0.1, -0.05) is 11.6 Å². The zero-order chi connectivity index (χ0) is 14.8. The molecule has 1 aromatic heterocycles. The summed E-state index contributed by atoms with van der Waals surface area (Å²) in [6.07, 6.45) is 2.00. The number of carbonyl (C=O) groups excluding carboxylic acids is 1. The molecule has 0 spiro atoms. The van der Waals surface area contributed by atoms with Crippen molar-refractivity contribution < 1.29 is 4.79 Å². The fourth-order valence-corrected chi connectivity index (χ4v) is 3.41. The molecule has 1 amide bonds. The van der Waals surface area contributed by atoms with Gasteiger partial charge >= 0.3 is 0 Å². The summed E-state index contributed by atoms with van der Waals surface area (Å²) in [6.45, 7) is 0. The van der Waals surface area contributed by atoms with Crippen molar-refractivity contribution in [3.8, 4) is 0 Å². The number of hydrogen-bond acceptors (Lipinski definition) is 4. The minimum absolute atomic E-state index is 0.139. The van der Waals surface area contributed by atoms with E-state index in [0.717, 1.165) is 20.8 Å². The molecule has 2 aromatic carbocycles.